The van der Waals surface area contributed by atoms with Gasteiger partial charge in [-0.15, -0.1) is 0 Å². The van der Waals surface area contributed by atoms with Gasteiger partial charge in [-0.05, 0) is 45.1 Å². The zero-order chi connectivity index (χ0) is 14.4. The monoisotopic (exact) mass is 275 g/mol. The molecule has 2 N–H and O–H groups in total. The molecule has 4 heteroatoms. The van der Waals surface area contributed by atoms with Gasteiger partial charge in [-0.1, -0.05) is 30.3 Å². The number of nitrogens with one attached hydrogen (secondary N) is 2. The van der Waals surface area contributed by atoms with Crippen molar-refractivity contribution >= 4 is 5.91 Å². The Kier molecular flexibility index (Phi) is 5.56. The van der Waals surface area contributed by atoms with E-state index in [-0.39, 0.29) is 11.9 Å². The molecule has 4 nitrogen and oxygen atoms in total. The van der Waals surface area contributed by atoms with E-state index in [9.17, 15) is 4.79 Å². The molecule has 2 unspecified atom stereocenters. The molecule has 0 aliphatic carbocycles. The van der Waals surface area contributed by atoms with E-state index in [4.69, 9.17) is 0 Å². The highest BCUT2D eigenvalue weighted by atomic mass is 16.1. The van der Waals surface area contributed by atoms with Crippen molar-refractivity contribution in [2.45, 2.75) is 18.9 Å². The largest absolute Gasteiger partial charge is 0.348 e. The molecule has 0 saturated carbocycles. The lowest BCUT2D eigenvalue weighted by Gasteiger charge is -2.23. The van der Waals surface area contributed by atoms with Crippen LogP contribution in [-0.4, -0.2) is 44.5 Å². The normalized spacial score (nSPS) is 20.1. The summed E-state index contributed by atoms with van der Waals surface area (Å²) in [6, 6.07) is 10.3. The van der Waals surface area contributed by atoms with Crippen LogP contribution >= 0.6 is 0 Å². The van der Waals surface area contributed by atoms with Crippen molar-refractivity contribution in [3.05, 3.63) is 35.9 Å². The minimum absolute atomic E-state index is 0.0630. The van der Waals surface area contributed by atoms with Gasteiger partial charge in [0.25, 0.3) is 0 Å². The second-order valence-corrected chi connectivity index (χ2v) is 5.86. The van der Waals surface area contributed by atoms with E-state index < -0.39 is 0 Å². The molecule has 2 atom stereocenters. The summed E-state index contributed by atoms with van der Waals surface area (Å²) in [5, 5.41) is 6.49. The van der Waals surface area contributed by atoms with E-state index in [1.165, 1.54) is 5.56 Å². The van der Waals surface area contributed by atoms with Crippen molar-refractivity contribution in [2.75, 3.05) is 33.7 Å². The van der Waals surface area contributed by atoms with Crippen LogP contribution in [-0.2, 0) is 4.79 Å². The first-order valence-electron chi connectivity index (χ1n) is 7.35. The number of nitrogens with zero attached hydrogens (tertiary/aromatic N) is 1. The Hall–Kier alpha value is -1.39. The van der Waals surface area contributed by atoms with E-state index in [1.807, 2.05) is 32.3 Å². The molecule has 1 aliphatic rings. The average Bonchev–Trinajstić information content (AvgIpc) is 2.91. The lowest BCUT2D eigenvalue weighted by atomic mass is 10.0. The maximum atomic E-state index is 12.2. The quantitative estimate of drug-likeness (QED) is 0.825. The van der Waals surface area contributed by atoms with Gasteiger partial charge < -0.3 is 15.5 Å². The molecule has 1 aromatic rings. The molecule has 1 amide bonds. The molecule has 0 aromatic heterocycles. The summed E-state index contributed by atoms with van der Waals surface area (Å²) in [5.74, 6) is 0.653. The second kappa shape index (κ2) is 7.41. The first-order chi connectivity index (χ1) is 9.65. The van der Waals surface area contributed by atoms with Crippen LogP contribution in [0.2, 0.25) is 0 Å². The van der Waals surface area contributed by atoms with Crippen molar-refractivity contribution < 1.29 is 4.79 Å². The third kappa shape index (κ3) is 4.62. The molecule has 0 radical (unpaired) electrons. The summed E-state index contributed by atoms with van der Waals surface area (Å²) in [5.41, 5.74) is 1.17. The fourth-order valence-electron chi connectivity index (χ4n) is 2.69. The summed E-state index contributed by atoms with van der Waals surface area (Å²) in [4.78, 5) is 14.3. The zero-order valence-electron chi connectivity index (χ0n) is 12.4. The molecular formula is C16H25N3O. The van der Waals surface area contributed by atoms with Gasteiger partial charge in [0, 0.05) is 13.0 Å². The summed E-state index contributed by atoms with van der Waals surface area (Å²) in [6.07, 6.45) is 1.74. The summed E-state index contributed by atoms with van der Waals surface area (Å²) < 4.78 is 0. The van der Waals surface area contributed by atoms with Crippen LogP contribution in [0, 0.1) is 5.92 Å². The van der Waals surface area contributed by atoms with Gasteiger partial charge in [-0.2, -0.15) is 0 Å². The minimum Gasteiger partial charge on any atom is -0.348 e. The van der Waals surface area contributed by atoms with Crippen LogP contribution in [0.1, 0.15) is 24.4 Å². The predicted molar refractivity (Wildman–Crippen MR) is 81.5 cm³/mol. The molecule has 1 fully saturated rings. The van der Waals surface area contributed by atoms with Gasteiger partial charge in [0.05, 0.1) is 6.04 Å². The molecular weight excluding hydrogens is 250 g/mol. The summed E-state index contributed by atoms with van der Waals surface area (Å²) in [6.45, 7) is 2.83. The SMILES string of the molecule is CN(C)CC(NC(=O)CC1CCNC1)c1ccccc1. The van der Waals surface area contributed by atoms with Gasteiger partial charge in [-0.3, -0.25) is 4.79 Å². The van der Waals surface area contributed by atoms with Gasteiger partial charge >= 0.3 is 0 Å². The van der Waals surface area contributed by atoms with Gasteiger partial charge in [0.1, 0.15) is 0 Å². The maximum absolute atomic E-state index is 12.2. The molecule has 110 valence electrons. The average molecular weight is 275 g/mol. The Morgan fingerprint density at radius 1 is 1.40 bits per heavy atom. The van der Waals surface area contributed by atoms with Crippen molar-refractivity contribution in [3.63, 3.8) is 0 Å². The number of rotatable bonds is 6. The molecule has 2 rings (SSSR count). The molecule has 20 heavy (non-hydrogen) atoms. The predicted octanol–water partition coefficient (Wildman–Crippen LogP) is 1.41. The van der Waals surface area contributed by atoms with Crippen molar-refractivity contribution in [1.29, 1.82) is 0 Å². The van der Waals surface area contributed by atoms with Gasteiger partial charge in [0.15, 0.2) is 0 Å². The van der Waals surface area contributed by atoms with Crippen LogP contribution < -0.4 is 10.6 Å². The fraction of sp³-hybridized carbons (Fsp3) is 0.562. The van der Waals surface area contributed by atoms with E-state index >= 15 is 0 Å². The van der Waals surface area contributed by atoms with Crippen LogP contribution in [0.15, 0.2) is 30.3 Å². The van der Waals surface area contributed by atoms with E-state index in [1.54, 1.807) is 0 Å². The third-order valence-corrected chi connectivity index (χ3v) is 3.72. The smallest absolute Gasteiger partial charge is 0.220 e. The Morgan fingerprint density at radius 2 is 2.15 bits per heavy atom. The zero-order valence-corrected chi connectivity index (χ0v) is 12.4. The highest BCUT2D eigenvalue weighted by Crippen LogP contribution is 2.16. The first kappa shape index (κ1) is 15.0. The van der Waals surface area contributed by atoms with E-state index in [2.05, 4.69) is 27.7 Å². The Bertz CT molecular complexity index is 413. The fourth-order valence-corrected chi connectivity index (χ4v) is 2.69. The lowest BCUT2D eigenvalue weighted by molar-refractivity contribution is -0.122. The lowest BCUT2D eigenvalue weighted by Crippen LogP contribution is -2.36. The standard InChI is InChI=1S/C16H25N3O/c1-19(2)12-15(14-6-4-3-5-7-14)18-16(20)10-13-8-9-17-11-13/h3-7,13,15,17H,8-12H2,1-2H3,(H,18,20). The Labute approximate surface area is 121 Å². The van der Waals surface area contributed by atoms with Crippen molar-refractivity contribution in [2.24, 2.45) is 5.92 Å². The van der Waals surface area contributed by atoms with Crippen LogP contribution in [0.3, 0.4) is 0 Å². The molecule has 0 spiro atoms. The molecule has 1 aromatic carbocycles. The second-order valence-electron chi connectivity index (χ2n) is 5.86. The minimum atomic E-state index is 0.0630. The Morgan fingerprint density at radius 3 is 2.75 bits per heavy atom. The summed E-state index contributed by atoms with van der Waals surface area (Å²) in [7, 11) is 4.06. The highest BCUT2D eigenvalue weighted by molar-refractivity contribution is 5.76. The Balaban J connectivity index is 1.94. The number of hydrogen-bond acceptors (Lipinski definition) is 3. The number of hydrogen-bond donors (Lipinski definition) is 2. The molecule has 1 heterocycles. The number of carbonyl (C=O) groups excluding carboxylic acids is 1. The number of carbonyl (C=O) groups is 1. The van der Waals surface area contributed by atoms with Crippen molar-refractivity contribution in [1.82, 2.24) is 15.5 Å². The van der Waals surface area contributed by atoms with Gasteiger partial charge in [-0.25, -0.2) is 0 Å². The first-order valence-corrected chi connectivity index (χ1v) is 7.35. The highest BCUT2D eigenvalue weighted by Gasteiger charge is 2.21. The summed E-state index contributed by atoms with van der Waals surface area (Å²) >= 11 is 0. The molecule has 1 aliphatic heterocycles. The molecule has 0 bridgehead atoms. The van der Waals surface area contributed by atoms with Crippen LogP contribution in [0.5, 0.6) is 0 Å². The molecule has 1 saturated heterocycles. The van der Waals surface area contributed by atoms with Gasteiger partial charge in [0.2, 0.25) is 5.91 Å². The van der Waals surface area contributed by atoms with E-state index in [0.29, 0.717) is 12.3 Å². The maximum Gasteiger partial charge on any atom is 0.220 e. The third-order valence-electron chi connectivity index (χ3n) is 3.72. The van der Waals surface area contributed by atoms with Crippen LogP contribution in [0.25, 0.3) is 0 Å². The van der Waals surface area contributed by atoms with Crippen molar-refractivity contribution in [3.8, 4) is 0 Å². The number of likely N-dealkylation sites (N-methyl/N-ethyl adjacent to an activating group) is 1. The topological polar surface area (TPSA) is 44.4 Å². The van der Waals surface area contributed by atoms with Crippen LogP contribution in [0.4, 0.5) is 0 Å². The number of benzene rings is 1. The number of amides is 1. The van der Waals surface area contributed by atoms with E-state index in [0.717, 1.165) is 26.1 Å².